The normalized spacial score (nSPS) is 10.1. The van der Waals surface area contributed by atoms with E-state index in [1.165, 1.54) is 6.92 Å². The Hall–Kier alpha value is -2.17. The predicted octanol–water partition coefficient (Wildman–Crippen LogP) is 1.43. The minimum Gasteiger partial charge on any atom is -0.497 e. The van der Waals surface area contributed by atoms with Gasteiger partial charge in [-0.15, -0.1) is 0 Å². The number of ether oxygens (including phenoxy) is 1. The lowest BCUT2D eigenvalue weighted by molar-refractivity contribution is -0.140. The highest BCUT2D eigenvalue weighted by Crippen LogP contribution is 2.11. The Morgan fingerprint density at radius 3 is 2.38 bits per heavy atom. The number of benzene rings is 1. The van der Waals surface area contributed by atoms with Gasteiger partial charge in [0.1, 0.15) is 12.0 Å². The third-order valence-corrected chi connectivity index (χ3v) is 1.73. The van der Waals surface area contributed by atoms with Crippen LogP contribution >= 0.6 is 0 Å². The fourth-order valence-corrected chi connectivity index (χ4v) is 0.978. The monoisotopic (exact) mass is 221 g/mol. The van der Waals surface area contributed by atoms with E-state index in [2.05, 4.69) is 9.99 Å². The van der Waals surface area contributed by atoms with Gasteiger partial charge in [0.05, 0.1) is 7.11 Å². The lowest BCUT2D eigenvalue weighted by Gasteiger charge is -1.99. The van der Waals surface area contributed by atoms with E-state index < -0.39 is 5.97 Å². The fraction of sp³-hybridized carbons (Fsp3) is 0.182. The number of carbonyl (C=O) groups excluding carboxylic acids is 2. The molecule has 0 fully saturated rings. The van der Waals surface area contributed by atoms with Gasteiger partial charge in [0.2, 0.25) is 5.78 Å². The second kappa shape index (κ2) is 5.65. The molecule has 0 N–H and O–H groups in total. The Kier molecular flexibility index (Phi) is 4.20. The summed E-state index contributed by atoms with van der Waals surface area (Å²) in [5.74, 6) is -0.254. The van der Waals surface area contributed by atoms with E-state index in [4.69, 9.17) is 4.74 Å². The molecule has 0 aliphatic rings. The third kappa shape index (κ3) is 3.53. The van der Waals surface area contributed by atoms with Gasteiger partial charge in [-0.1, -0.05) is 5.16 Å². The molecule has 0 saturated heterocycles. The highest BCUT2D eigenvalue weighted by Gasteiger charge is 2.02. The van der Waals surface area contributed by atoms with E-state index in [0.29, 0.717) is 11.3 Å². The van der Waals surface area contributed by atoms with Crippen LogP contribution in [0.2, 0.25) is 0 Å². The van der Waals surface area contributed by atoms with Crippen LogP contribution in [0.4, 0.5) is 0 Å². The van der Waals surface area contributed by atoms with Crippen molar-refractivity contribution < 1.29 is 19.2 Å². The first-order valence-corrected chi connectivity index (χ1v) is 4.53. The maximum absolute atomic E-state index is 11.4. The molecule has 16 heavy (non-hydrogen) atoms. The van der Waals surface area contributed by atoms with Crippen LogP contribution in [0.25, 0.3) is 0 Å². The molecule has 0 radical (unpaired) electrons. The lowest BCUT2D eigenvalue weighted by Crippen LogP contribution is -2.02. The molecule has 0 saturated carbocycles. The minimum atomic E-state index is -0.571. The van der Waals surface area contributed by atoms with Crippen LogP contribution in [0.5, 0.6) is 5.75 Å². The van der Waals surface area contributed by atoms with Crippen molar-refractivity contribution >= 4 is 18.0 Å². The molecule has 0 amide bonds. The molecule has 1 aromatic carbocycles. The van der Waals surface area contributed by atoms with Crippen molar-refractivity contribution in [3.63, 3.8) is 0 Å². The molecular weight excluding hydrogens is 210 g/mol. The first kappa shape index (κ1) is 11.9. The van der Waals surface area contributed by atoms with Crippen molar-refractivity contribution in [3.05, 3.63) is 29.8 Å². The topological polar surface area (TPSA) is 65.0 Å². The number of ketones is 1. The quantitative estimate of drug-likeness (QED) is 0.334. The Morgan fingerprint density at radius 2 is 1.88 bits per heavy atom. The Bertz CT molecular complexity index is 408. The maximum Gasteiger partial charge on any atom is 0.331 e. The van der Waals surface area contributed by atoms with Gasteiger partial charge in [-0.2, -0.15) is 0 Å². The molecule has 1 aromatic rings. The molecule has 0 aliphatic heterocycles. The van der Waals surface area contributed by atoms with Gasteiger partial charge < -0.3 is 9.57 Å². The summed E-state index contributed by atoms with van der Waals surface area (Å²) < 4.78 is 4.95. The fourth-order valence-electron chi connectivity index (χ4n) is 0.978. The van der Waals surface area contributed by atoms with E-state index >= 15 is 0 Å². The van der Waals surface area contributed by atoms with E-state index in [-0.39, 0.29) is 5.78 Å². The van der Waals surface area contributed by atoms with E-state index in [9.17, 15) is 9.59 Å². The summed E-state index contributed by atoms with van der Waals surface area (Å²) in [6.45, 7) is 1.20. The van der Waals surface area contributed by atoms with Gasteiger partial charge >= 0.3 is 5.97 Å². The average molecular weight is 221 g/mol. The molecule has 84 valence electrons. The molecule has 0 atom stereocenters. The first-order chi connectivity index (χ1) is 7.63. The molecule has 0 bridgehead atoms. The van der Waals surface area contributed by atoms with Crippen molar-refractivity contribution in [2.75, 3.05) is 7.11 Å². The van der Waals surface area contributed by atoms with Crippen molar-refractivity contribution in [2.45, 2.75) is 6.92 Å². The molecule has 0 unspecified atom stereocenters. The van der Waals surface area contributed by atoms with Crippen LogP contribution in [-0.4, -0.2) is 25.1 Å². The van der Waals surface area contributed by atoms with E-state index in [1.807, 2.05) is 0 Å². The largest absolute Gasteiger partial charge is 0.497 e. The van der Waals surface area contributed by atoms with Gasteiger partial charge in [-0.3, -0.25) is 4.79 Å². The molecular formula is C11H11NO4. The van der Waals surface area contributed by atoms with E-state index in [1.54, 1.807) is 31.4 Å². The van der Waals surface area contributed by atoms with Crippen LogP contribution in [-0.2, 0) is 9.63 Å². The summed E-state index contributed by atoms with van der Waals surface area (Å²) in [6, 6.07) is 6.52. The van der Waals surface area contributed by atoms with Gasteiger partial charge in [0.15, 0.2) is 0 Å². The molecule has 0 heterocycles. The number of hydrogen-bond acceptors (Lipinski definition) is 5. The number of carbonyl (C=O) groups is 2. The summed E-state index contributed by atoms with van der Waals surface area (Å²) >= 11 is 0. The number of Topliss-reactive ketones (excluding diaryl/α,β-unsaturated/α-hetero) is 1. The number of rotatable bonds is 4. The van der Waals surface area contributed by atoms with Crippen LogP contribution in [0.15, 0.2) is 29.4 Å². The standard InChI is InChI=1S/C11H11NO4/c1-8(13)16-12-7-11(14)9-3-5-10(15-2)6-4-9/h3-7H,1-2H3/b12-7+. The highest BCUT2D eigenvalue weighted by molar-refractivity contribution is 6.35. The number of nitrogens with zero attached hydrogens (tertiary/aromatic N) is 1. The molecule has 1 rings (SSSR count). The number of hydrogen-bond donors (Lipinski definition) is 0. The molecule has 5 heteroatoms. The SMILES string of the molecule is COc1ccc(C(=O)/C=N/OC(C)=O)cc1. The molecule has 0 aliphatic carbocycles. The second-order valence-corrected chi connectivity index (χ2v) is 2.91. The van der Waals surface area contributed by atoms with E-state index in [0.717, 1.165) is 6.21 Å². The van der Waals surface area contributed by atoms with Gasteiger partial charge in [0, 0.05) is 12.5 Å². The average Bonchev–Trinajstić information content (AvgIpc) is 2.28. The molecule has 5 nitrogen and oxygen atoms in total. The Labute approximate surface area is 92.7 Å². The van der Waals surface area contributed by atoms with Crippen molar-refractivity contribution in [2.24, 2.45) is 5.16 Å². The van der Waals surface area contributed by atoms with Crippen LogP contribution in [0, 0.1) is 0 Å². The summed E-state index contributed by atoms with van der Waals surface area (Å²) in [7, 11) is 1.54. The van der Waals surface area contributed by atoms with Gasteiger partial charge in [-0.05, 0) is 24.3 Å². The Morgan fingerprint density at radius 1 is 1.25 bits per heavy atom. The minimum absolute atomic E-state index is 0.344. The van der Waals surface area contributed by atoms with Crippen molar-refractivity contribution in [1.82, 2.24) is 0 Å². The zero-order chi connectivity index (χ0) is 12.0. The van der Waals surface area contributed by atoms with Crippen molar-refractivity contribution in [3.8, 4) is 5.75 Å². The van der Waals surface area contributed by atoms with Gasteiger partial charge in [-0.25, -0.2) is 4.79 Å². The summed E-state index contributed by atoms with van der Waals surface area (Å²) in [5.41, 5.74) is 0.441. The zero-order valence-corrected chi connectivity index (χ0v) is 8.97. The summed E-state index contributed by atoms with van der Waals surface area (Å²) in [4.78, 5) is 26.1. The first-order valence-electron chi connectivity index (χ1n) is 4.53. The zero-order valence-electron chi connectivity index (χ0n) is 8.97. The Balaban J connectivity index is 2.66. The number of methoxy groups -OCH3 is 1. The summed E-state index contributed by atoms with van der Waals surface area (Å²) in [5, 5.41) is 3.23. The smallest absolute Gasteiger partial charge is 0.331 e. The van der Waals surface area contributed by atoms with Crippen LogP contribution in [0.3, 0.4) is 0 Å². The highest BCUT2D eigenvalue weighted by atomic mass is 16.7. The number of oxime groups is 1. The lowest BCUT2D eigenvalue weighted by atomic mass is 10.1. The van der Waals surface area contributed by atoms with Crippen LogP contribution in [0.1, 0.15) is 17.3 Å². The molecule has 0 spiro atoms. The van der Waals surface area contributed by atoms with Crippen LogP contribution < -0.4 is 4.74 Å². The van der Waals surface area contributed by atoms with Crippen molar-refractivity contribution in [1.29, 1.82) is 0 Å². The second-order valence-electron chi connectivity index (χ2n) is 2.91. The summed E-state index contributed by atoms with van der Waals surface area (Å²) in [6.07, 6.45) is 0.948. The maximum atomic E-state index is 11.4. The van der Waals surface area contributed by atoms with Gasteiger partial charge in [0.25, 0.3) is 0 Å². The molecule has 0 aromatic heterocycles. The third-order valence-electron chi connectivity index (χ3n) is 1.73. The predicted molar refractivity (Wildman–Crippen MR) is 57.6 cm³/mol.